The van der Waals surface area contributed by atoms with Gasteiger partial charge in [0.2, 0.25) is 12.7 Å². The van der Waals surface area contributed by atoms with E-state index in [1.165, 1.54) is 12.1 Å². The molecule has 0 saturated heterocycles. The van der Waals surface area contributed by atoms with Crippen molar-refractivity contribution in [2.75, 3.05) is 18.4 Å². The van der Waals surface area contributed by atoms with Crippen LogP contribution in [0.5, 0.6) is 11.5 Å². The molecule has 2 heterocycles. The Hall–Kier alpha value is -3.40. The molecule has 1 aromatic heterocycles. The summed E-state index contributed by atoms with van der Waals surface area (Å²) in [5.41, 5.74) is 0.869. The molecule has 0 fully saturated rings. The monoisotopic (exact) mass is 401 g/mol. The average molecular weight is 401 g/mol. The van der Waals surface area contributed by atoms with Gasteiger partial charge in [0.05, 0.1) is 16.9 Å². The van der Waals surface area contributed by atoms with Gasteiger partial charge in [-0.2, -0.15) is 0 Å². The summed E-state index contributed by atoms with van der Waals surface area (Å²) in [6.07, 6.45) is 1.37. The van der Waals surface area contributed by atoms with Gasteiger partial charge in [0.25, 0.3) is 5.91 Å². The summed E-state index contributed by atoms with van der Waals surface area (Å²) in [6, 6.07) is 11.2. The molecule has 0 atom stereocenters. The Balaban J connectivity index is 1.49. The van der Waals surface area contributed by atoms with Crippen LogP contribution in [-0.4, -0.2) is 37.6 Å². The van der Waals surface area contributed by atoms with E-state index in [-0.39, 0.29) is 29.2 Å². The highest BCUT2D eigenvalue weighted by Gasteiger charge is 2.20. The van der Waals surface area contributed by atoms with Crippen LogP contribution in [0.15, 0.2) is 51.8 Å². The van der Waals surface area contributed by atoms with E-state index in [1.807, 2.05) is 12.1 Å². The first kappa shape index (κ1) is 18.0. The van der Waals surface area contributed by atoms with Gasteiger partial charge >= 0.3 is 6.01 Å². The molecular weight excluding hydrogens is 386 g/mol. The smallest absolute Gasteiger partial charge is 0.322 e. The fourth-order valence-electron chi connectivity index (χ4n) is 2.74. The maximum Gasteiger partial charge on any atom is 0.322 e. The number of amides is 1. The Morgan fingerprint density at radius 3 is 2.71 bits per heavy atom. The first-order chi connectivity index (χ1) is 13.4. The molecule has 28 heavy (non-hydrogen) atoms. The third-order valence-electron chi connectivity index (χ3n) is 4.01. The van der Waals surface area contributed by atoms with E-state index in [1.54, 1.807) is 18.2 Å². The van der Waals surface area contributed by atoms with Gasteiger partial charge in [-0.1, -0.05) is 23.3 Å². The molecule has 0 spiro atoms. The van der Waals surface area contributed by atoms with Crippen LogP contribution < -0.4 is 14.8 Å². The van der Waals surface area contributed by atoms with Gasteiger partial charge in [0.15, 0.2) is 21.3 Å². The highest BCUT2D eigenvalue weighted by molar-refractivity contribution is 7.90. The molecule has 1 aliphatic heterocycles. The zero-order chi connectivity index (χ0) is 19.7. The summed E-state index contributed by atoms with van der Waals surface area (Å²) in [6.45, 7) is 0.185. The highest BCUT2D eigenvalue weighted by Crippen LogP contribution is 2.33. The van der Waals surface area contributed by atoms with E-state index in [0.717, 1.165) is 11.8 Å². The highest BCUT2D eigenvalue weighted by atomic mass is 32.2. The molecule has 0 aliphatic carbocycles. The molecule has 0 saturated carbocycles. The summed E-state index contributed by atoms with van der Waals surface area (Å²) >= 11 is 0. The summed E-state index contributed by atoms with van der Waals surface area (Å²) in [5, 5.41) is 10.1. The largest absolute Gasteiger partial charge is 0.454 e. The minimum Gasteiger partial charge on any atom is -0.454 e. The number of anilines is 1. The van der Waals surface area contributed by atoms with Crippen LogP contribution in [0.3, 0.4) is 0 Å². The van der Waals surface area contributed by atoms with Crippen molar-refractivity contribution in [1.29, 1.82) is 0 Å². The lowest BCUT2D eigenvalue weighted by molar-refractivity contribution is 0.102. The normalized spacial score (nSPS) is 12.8. The van der Waals surface area contributed by atoms with E-state index in [4.69, 9.17) is 13.9 Å². The topological polar surface area (TPSA) is 121 Å². The van der Waals surface area contributed by atoms with E-state index in [2.05, 4.69) is 15.5 Å². The van der Waals surface area contributed by atoms with Crippen LogP contribution in [-0.2, 0) is 16.3 Å². The predicted octanol–water partition coefficient (Wildman–Crippen LogP) is 2.04. The van der Waals surface area contributed by atoms with Gasteiger partial charge < -0.3 is 13.9 Å². The van der Waals surface area contributed by atoms with Crippen molar-refractivity contribution in [3.63, 3.8) is 0 Å². The van der Waals surface area contributed by atoms with E-state index in [9.17, 15) is 13.2 Å². The lowest BCUT2D eigenvalue weighted by atomic mass is 10.1. The lowest BCUT2D eigenvalue weighted by Crippen LogP contribution is -2.16. The van der Waals surface area contributed by atoms with Gasteiger partial charge in [-0.05, 0) is 29.8 Å². The Kier molecular flexibility index (Phi) is 4.47. The van der Waals surface area contributed by atoms with Gasteiger partial charge in [-0.3, -0.25) is 10.1 Å². The van der Waals surface area contributed by atoms with Crippen molar-refractivity contribution in [3.05, 3.63) is 59.5 Å². The van der Waals surface area contributed by atoms with Crippen LogP contribution in [0.1, 0.15) is 21.8 Å². The van der Waals surface area contributed by atoms with Crippen molar-refractivity contribution in [3.8, 4) is 11.5 Å². The van der Waals surface area contributed by atoms with Crippen molar-refractivity contribution >= 4 is 21.8 Å². The number of nitrogens with zero attached hydrogens (tertiary/aromatic N) is 2. The third kappa shape index (κ3) is 3.67. The summed E-state index contributed by atoms with van der Waals surface area (Å²) in [7, 11) is -3.56. The molecule has 10 heteroatoms. The van der Waals surface area contributed by atoms with Crippen molar-refractivity contribution in [1.82, 2.24) is 10.2 Å². The number of aromatic nitrogens is 2. The molecule has 1 N–H and O–H groups in total. The molecule has 1 amide bonds. The van der Waals surface area contributed by atoms with E-state index < -0.39 is 15.7 Å². The number of fused-ring (bicyclic) bond motifs is 1. The SMILES string of the molecule is CS(=O)(=O)c1ccccc1C(=O)Nc1nnc(Cc2ccc3c(c2)OCO3)o1. The maximum absolute atomic E-state index is 12.4. The Bertz CT molecular complexity index is 1160. The lowest BCUT2D eigenvalue weighted by Gasteiger charge is -2.06. The molecule has 9 nitrogen and oxygen atoms in total. The van der Waals surface area contributed by atoms with Gasteiger partial charge in [0, 0.05) is 6.26 Å². The third-order valence-corrected chi connectivity index (χ3v) is 5.17. The summed E-state index contributed by atoms with van der Waals surface area (Å²) in [5.74, 6) is 0.944. The molecule has 3 aromatic rings. The molecule has 0 radical (unpaired) electrons. The fraction of sp³-hybridized carbons (Fsp3) is 0.167. The number of rotatable bonds is 5. The number of hydrogen-bond donors (Lipinski definition) is 1. The van der Waals surface area contributed by atoms with E-state index >= 15 is 0 Å². The van der Waals surface area contributed by atoms with Crippen molar-refractivity contribution in [2.24, 2.45) is 0 Å². The van der Waals surface area contributed by atoms with Crippen LogP contribution in [0.4, 0.5) is 6.01 Å². The van der Waals surface area contributed by atoms with Gasteiger partial charge in [-0.25, -0.2) is 8.42 Å². The number of sulfone groups is 1. The van der Waals surface area contributed by atoms with Crippen LogP contribution in [0.25, 0.3) is 0 Å². The second kappa shape index (κ2) is 6.97. The number of hydrogen-bond acceptors (Lipinski definition) is 8. The molecule has 0 bridgehead atoms. The van der Waals surface area contributed by atoms with Gasteiger partial charge in [-0.15, -0.1) is 5.10 Å². The molecule has 1 aliphatic rings. The van der Waals surface area contributed by atoms with Crippen molar-refractivity contribution < 1.29 is 27.1 Å². The second-order valence-electron chi connectivity index (χ2n) is 6.09. The minimum absolute atomic E-state index is 0.000482. The standard InChI is InChI=1S/C18H15N3O6S/c1-28(23,24)15-5-3-2-4-12(15)17(22)19-18-21-20-16(27-18)9-11-6-7-13-14(8-11)26-10-25-13/h2-8H,9-10H2,1H3,(H,19,21,22). The number of carbonyl (C=O) groups is 1. The zero-order valence-corrected chi connectivity index (χ0v) is 15.5. The van der Waals surface area contributed by atoms with Crippen LogP contribution in [0.2, 0.25) is 0 Å². The minimum atomic E-state index is -3.56. The van der Waals surface area contributed by atoms with E-state index in [0.29, 0.717) is 17.9 Å². The Morgan fingerprint density at radius 1 is 1.11 bits per heavy atom. The number of nitrogens with one attached hydrogen (secondary N) is 1. The first-order valence-electron chi connectivity index (χ1n) is 8.21. The number of carbonyl (C=O) groups excluding carboxylic acids is 1. The fourth-order valence-corrected chi connectivity index (χ4v) is 3.63. The molecule has 2 aromatic carbocycles. The van der Waals surface area contributed by atoms with Crippen LogP contribution >= 0.6 is 0 Å². The Morgan fingerprint density at radius 2 is 1.89 bits per heavy atom. The second-order valence-corrected chi connectivity index (χ2v) is 8.07. The molecule has 144 valence electrons. The first-order valence-corrected chi connectivity index (χ1v) is 10.1. The predicted molar refractivity (Wildman–Crippen MR) is 97.2 cm³/mol. The van der Waals surface area contributed by atoms with Crippen molar-refractivity contribution in [2.45, 2.75) is 11.3 Å². The molecule has 4 rings (SSSR count). The number of benzene rings is 2. The average Bonchev–Trinajstić information content (AvgIpc) is 3.30. The molecular formula is C18H15N3O6S. The number of ether oxygens (including phenoxy) is 2. The summed E-state index contributed by atoms with van der Waals surface area (Å²) < 4.78 is 39.7. The maximum atomic E-state index is 12.4. The molecule has 0 unspecified atom stereocenters. The summed E-state index contributed by atoms with van der Waals surface area (Å²) in [4.78, 5) is 12.4. The quantitative estimate of drug-likeness (QED) is 0.689. The zero-order valence-electron chi connectivity index (χ0n) is 14.7. The Labute approximate surface area is 160 Å². The van der Waals surface area contributed by atoms with Gasteiger partial charge in [0.1, 0.15) is 0 Å². The van der Waals surface area contributed by atoms with Crippen LogP contribution in [0, 0.1) is 0 Å².